The molecule has 4 nitrogen and oxygen atoms in total. The molecule has 0 atom stereocenters. The largest absolute Gasteiger partial charge is 0.395 e. The van der Waals surface area contributed by atoms with Crippen LogP contribution < -0.4 is 10.2 Å². The lowest BCUT2D eigenvalue weighted by Crippen LogP contribution is -2.31. The van der Waals surface area contributed by atoms with Crippen LogP contribution in [0.15, 0.2) is 18.5 Å². The predicted octanol–water partition coefficient (Wildman–Crippen LogP) is 1.19. The number of nitrogens with zero attached hydrogens (tertiary/aromatic N) is 2. The van der Waals surface area contributed by atoms with Crippen LogP contribution in [0.5, 0.6) is 0 Å². The fourth-order valence-electron chi connectivity index (χ4n) is 1.35. The van der Waals surface area contributed by atoms with E-state index in [1.807, 2.05) is 0 Å². The first kappa shape index (κ1) is 12.6. The number of nitrogens with one attached hydrogen (secondary N) is 1. The van der Waals surface area contributed by atoms with E-state index >= 15 is 0 Å². The molecule has 1 aromatic heterocycles. The van der Waals surface area contributed by atoms with Crippen LogP contribution in [0.1, 0.15) is 0 Å². The van der Waals surface area contributed by atoms with Crippen LogP contribution in [0.2, 0.25) is 0 Å². The van der Waals surface area contributed by atoms with E-state index in [9.17, 15) is 8.78 Å². The normalized spacial score (nSPS) is 10.6. The van der Waals surface area contributed by atoms with Gasteiger partial charge < -0.3 is 15.3 Å². The molecule has 0 bridgehead atoms. The average molecular weight is 231 g/mol. The Morgan fingerprint density at radius 1 is 1.50 bits per heavy atom. The van der Waals surface area contributed by atoms with E-state index in [1.54, 1.807) is 19.3 Å². The number of rotatable bonds is 6. The lowest BCUT2D eigenvalue weighted by Gasteiger charge is -2.23. The van der Waals surface area contributed by atoms with E-state index < -0.39 is 13.0 Å². The molecule has 0 saturated carbocycles. The van der Waals surface area contributed by atoms with E-state index in [0.717, 1.165) is 5.69 Å². The summed E-state index contributed by atoms with van der Waals surface area (Å²) in [5.74, 6) is 0. The highest BCUT2D eigenvalue weighted by Gasteiger charge is 2.12. The zero-order valence-electron chi connectivity index (χ0n) is 9.03. The summed E-state index contributed by atoms with van der Waals surface area (Å²) in [5, 5.41) is 11.7. The highest BCUT2D eigenvalue weighted by Crippen LogP contribution is 2.18. The van der Waals surface area contributed by atoms with Crippen molar-refractivity contribution in [1.82, 2.24) is 4.98 Å². The molecule has 90 valence electrons. The first-order chi connectivity index (χ1) is 7.67. The molecule has 0 aliphatic carbocycles. The number of alkyl halides is 2. The van der Waals surface area contributed by atoms with Crippen LogP contribution in [0.25, 0.3) is 0 Å². The maximum absolute atomic E-state index is 12.3. The Hall–Kier alpha value is -1.43. The van der Waals surface area contributed by atoms with E-state index in [-0.39, 0.29) is 13.2 Å². The minimum Gasteiger partial charge on any atom is -0.395 e. The molecule has 16 heavy (non-hydrogen) atoms. The molecule has 1 rings (SSSR count). The standard InChI is InChI=1S/C10H15F2N3O/c1-13-8-4-9(6-14-5-8)15(2-3-16)7-10(11)12/h4-6,10,13,16H,2-3,7H2,1H3. The second kappa shape index (κ2) is 6.22. The van der Waals surface area contributed by atoms with Crippen LogP contribution in [-0.4, -0.2) is 43.3 Å². The molecule has 0 spiro atoms. The van der Waals surface area contributed by atoms with Crippen molar-refractivity contribution >= 4 is 11.4 Å². The fourth-order valence-corrected chi connectivity index (χ4v) is 1.35. The Morgan fingerprint density at radius 2 is 2.25 bits per heavy atom. The lowest BCUT2D eigenvalue weighted by atomic mass is 10.3. The second-order valence-corrected chi connectivity index (χ2v) is 3.24. The van der Waals surface area contributed by atoms with Crippen molar-refractivity contribution < 1.29 is 13.9 Å². The molecule has 6 heteroatoms. The van der Waals surface area contributed by atoms with Crippen LogP contribution in [-0.2, 0) is 0 Å². The second-order valence-electron chi connectivity index (χ2n) is 3.24. The maximum Gasteiger partial charge on any atom is 0.255 e. The number of halogens is 2. The molecule has 0 aliphatic heterocycles. The van der Waals surface area contributed by atoms with Gasteiger partial charge in [-0.25, -0.2) is 8.78 Å². The fraction of sp³-hybridized carbons (Fsp3) is 0.500. The van der Waals surface area contributed by atoms with Gasteiger partial charge in [-0.15, -0.1) is 0 Å². The zero-order chi connectivity index (χ0) is 12.0. The van der Waals surface area contributed by atoms with Crippen LogP contribution in [0.4, 0.5) is 20.2 Å². The van der Waals surface area contributed by atoms with Crippen molar-refractivity contribution in [1.29, 1.82) is 0 Å². The summed E-state index contributed by atoms with van der Waals surface area (Å²) in [6.07, 6.45) is 0.659. The molecule has 0 fully saturated rings. The van der Waals surface area contributed by atoms with Crippen molar-refractivity contribution in [2.45, 2.75) is 6.43 Å². The SMILES string of the molecule is CNc1cncc(N(CCO)CC(F)F)c1. The minimum absolute atomic E-state index is 0.166. The minimum atomic E-state index is -2.44. The molecule has 0 saturated heterocycles. The molecule has 0 unspecified atom stereocenters. The number of anilines is 2. The Bertz CT molecular complexity index is 323. The summed E-state index contributed by atoms with van der Waals surface area (Å²) < 4.78 is 24.6. The molecular formula is C10H15F2N3O. The number of aromatic nitrogens is 1. The molecule has 1 aromatic rings. The van der Waals surface area contributed by atoms with Gasteiger partial charge in [0.15, 0.2) is 0 Å². The molecule has 0 radical (unpaired) electrons. The van der Waals surface area contributed by atoms with Gasteiger partial charge in [0, 0.05) is 13.6 Å². The van der Waals surface area contributed by atoms with E-state index in [1.165, 1.54) is 11.1 Å². The van der Waals surface area contributed by atoms with Gasteiger partial charge in [0.05, 0.1) is 36.9 Å². The average Bonchev–Trinajstić information content (AvgIpc) is 2.28. The molecule has 2 N–H and O–H groups in total. The van der Waals surface area contributed by atoms with Gasteiger partial charge >= 0.3 is 0 Å². The van der Waals surface area contributed by atoms with Crippen LogP contribution >= 0.6 is 0 Å². The zero-order valence-corrected chi connectivity index (χ0v) is 9.03. The Labute approximate surface area is 92.9 Å². The highest BCUT2D eigenvalue weighted by molar-refractivity contribution is 5.55. The number of hydrogen-bond acceptors (Lipinski definition) is 4. The smallest absolute Gasteiger partial charge is 0.255 e. The summed E-state index contributed by atoms with van der Waals surface area (Å²) in [4.78, 5) is 5.34. The molecule has 1 heterocycles. The van der Waals surface area contributed by atoms with Gasteiger partial charge in [-0.2, -0.15) is 0 Å². The first-order valence-electron chi connectivity index (χ1n) is 4.94. The number of aliphatic hydroxyl groups is 1. The van der Waals surface area contributed by atoms with Crippen molar-refractivity contribution in [2.24, 2.45) is 0 Å². The third-order valence-corrected chi connectivity index (χ3v) is 2.11. The van der Waals surface area contributed by atoms with Gasteiger partial charge in [-0.1, -0.05) is 0 Å². The van der Waals surface area contributed by atoms with Crippen LogP contribution in [0.3, 0.4) is 0 Å². The van der Waals surface area contributed by atoms with E-state index in [2.05, 4.69) is 10.3 Å². The molecular weight excluding hydrogens is 216 g/mol. The molecule has 0 aromatic carbocycles. The quantitative estimate of drug-likeness (QED) is 0.772. The summed E-state index contributed by atoms with van der Waals surface area (Å²) in [6, 6.07) is 1.71. The molecule has 0 amide bonds. The van der Waals surface area contributed by atoms with Crippen LogP contribution in [0, 0.1) is 0 Å². The Morgan fingerprint density at radius 3 is 2.81 bits per heavy atom. The van der Waals surface area contributed by atoms with Crippen molar-refractivity contribution in [3.05, 3.63) is 18.5 Å². The first-order valence-corrected chi connectivity index (χ1v) is 4.94. The molecule has 0 aliphatic rings. The number of hydrogen-bond donors (Lipinski definition) is 2. The highest BCUT2D eigenvalue weighted by atomic mass is 19.3. The van der Waals surface area contributed by atoms with E-state index in [0.29, 0.717) is 5.69 Å². The Kier molecular flexibility index (Phi) is 4.91. The van der Waals surface area contributed by atoms with Gasteiger partial charge in [0.2, 0.25) is 0 Å². The summed E-state index contributed by atoms with van der Waals surface area (Å²) in [5.41, 5.74) is 1.32. The summed E-state index contributed by atoms with van der Waals surface area (Å²) in [7, 11) is 1.73. The van der Waals surface area contributed by atoms with Gasteiger partial charge in [0.25, 0.3) is 6.43 Å². The lowest BCUT2D eigenvalue weighted by molar-refractivity contribution is 0.153. The van der Waals surface area contributed by atoms with Crippen molar-refractivity contribution in [2.75, 3.05) is 37.0 Å². The summed E-state index contributed by atoms with van der Waals surface area (Å²) >= 11 is 0. The third-order valence-electron chi connectivity index (χ3n) is 2.11. The monoisotopic (exact) mass is 231 g/mol. The van der Waals surface area contributed by atoms with Crippen molar-refractivity contribution in [3.63, 3.8) is 0 Å². The van der Waals surface area contributed by atoms with Gasteiger partial charge in [-0.05, 0) is 6.07 Å². The topological polar surface area (TPSA) is 48.4 Å². The van der Waals surface area contributed by atoms with E-state index in [4.69, 9.17) is 5.11 Å². The van der Waals surface area contributed by atoms with Crippen molar-refractivity contribution in [3.8, 4) is 0 Å². The van der Waals surface area contributed by atoms with Gasteiger partial charge in [0.1, 0.15) is 0 Å². The number of aliphatic hydroxyl groups excluding tert-OH is 1. The Balaban J connectivity index is 2.82. The van der Waals surface area contributed by atoms with Gasteiger partial charge in [-0.3, -0.25) is 4.98 Å². The summed E-state index contributed by atoms with van der Waals surface area (Å²) in [6.45, 7) is -0.412. The predicted molar refractivity (Wildman–Crippen MR) is 59.1 cm³/mol. The number of pyridine rings is 1. The third kappa shape index (κ3) is 3.62. The maximum atomic E-state index is 12.3.